The van der Waals surface area contributed by atoms with Crippen LogP contribution in [0, 0.1) is 0 Å². The summed E-state index contributed by atoms with van der Waals surface area (Å²) in [5.74, 6) is -0.220. The van der Waals surface area contributed by atoms with Crippen molar-refractivity contribution < 1.29 is 14.3 Å². The van der Waals surface area contributed by atoms with Crippen LogP contribution in [0.1, 0.15) is 46.2 Å². The second-order valence-corrected chi connectivity index (χ2v) is 5.88. The van der Waals surface area contributed by atoms with E-state index in [-0.39, 0.29) is 5.91 Å². The number of nitrogens with one attached hydrogen (secondary N) is 2. The van der Waals surface area contributed by atoms with Crippen LogP contribution < -0.4 is 15.6 Å². The highest BCUT2D eigenvalue weighted by molar-refractivity contribution is 7.12. The van der Waals surface area contributed by atoms with E-state index < -0.39 is 5.91 Å². The zero-order valence-electron chi connectivity index (χ0n) is 13.0. The molecule has 0 aliphatic rings. The molecule has 122 valence electrons. The van der Waals surface area contributed by atoms with E-state index in [1.54, 1.807) is 35.7 Å². The molecule has 1 aromatic carbocycles. The summed E-state index contributed by atoms with van der Waals surface area (Å²) < 4.78 is 5.67. The van der Waals surface area contributed by atoms with E-state index in [9.17, 15) is 9.59 Å². The number of ether oxygens (including phenoxy) is 1. The van der Waals surface area contributed by atoms with Crippen molar-refractivity contribution in [2.24, 2.45) is 0 Å². The Morgan fingerprint density at radius 2 is 1.83 bits per heavy atom. The number of benzene rings is 1. The fourth-order valence-corrected chi connectivity index (χ4v) is 2.58. The molecule has 5 nitrogen and oxygen atoms in total. The molecule has 1 heterocycles. The van der Waals surface area contributed by atoms with Crippen LogP contribution in [0.4, 0.5) is 0 Å². The highest BCUT2D eigenvalue weighted by Crippen LogP contribution is 2.18. The van der Waals surface area contributed by atoms with Crippen molar-refractivity contribution in [3.05, 3.63) is 52.2 Å². The lowest BCUT2D eigenvalue weighted by atomic mass is 10.2. The summed E-state index contributed by atoms with van der Waals surface area (Å²) in [7, 11) is 0. The molecule has 23 heavy (non-hydrogen) atoms. The number of hydrogen-bond donors (Lipinski definition) is 2. The number of hydrogen-bond acceptors (Lipinski definition) is 4. The zero-order chi connectivity index (χ0) is 16.5. The number of carbonyl (C=O) groups excluding carboxylic acids is 2. The van der Waals surface area contributed by atoms with Crippen molar-refractivity contribution in [2.45, 2.75) is 26.2 Å². The van der Waals surface area contributed by atoms with Crippen LogP contribution in [0.2, 0.25) is 0 Å². The first-order valence-corrected chi connectivity index (χ1v) is 8.46. The van der Waals surface area contributed by atoms with Crippen LogP contribution in [0.15, 0.2) is 41.8 Å². The van der Waals surface area contributed by atoms with Gasteiger partial charge in [-0.25, -0.2) is 0 Å². The molecule has 1 aromatic heterocycles. The number of amides is 2. The van der Waals surface area contributed by atoms with Crippen molar-refractivity contribution in [1.82, 2.24) is 10.9 Å². The summed E-state index contributed by atoms with van der Waals surface area (Å²) in [6, 6.07) is 10.5. The summed E-state index contributed by atoms with van der Waals surface area (Å²) in [6.45, 7) is 2.69. The lowest BCUT2D eigenvalue weighted by molar-refractivity contribution is 0.0846. The third kappa shape index (κ3) is 5.10. The van der Waals surface area contributed by atoms with E-state index in [0.29, 0.717) is 22.8 Å². The smallest absolute Gasteiger partial charge is 0.279 e. The van der Waals surface area contributed by atoms with Gasteiger partial charge in [-0.1, -0.05) is 38.0 Å². The maximum absolute atomic E-state index is 12.2. The number of hydrazine groups is 1. The Labute approximate surface area is 139 Å². The largest absolute Gasteiger partial charge is 0.493 e. The maximum Gasteiger partial charge on any atom is 0.279 e. The first kappa shape index (κ1) is 17.0. The first-order chi connectivity index (χ1) is 11.2. The highest BCUT2D eigenvalue weighted by atomic mass is 32.1. The minimum Gasteiger partial charge on any atom is -0.493 e. The van der Waals surface area contributed by atoms with Gasteiger partial charge in [0, 0.05) is 0 Å². The fraction of sp³-hybridized carbons (Fsp3) is 0.294. The fourth-order valence-electron chi connectivity index (χ4n) is 1.96. The monoisotopic (exact) mass is 332 g/mol. The normalized spacial score (nSPS) is 10.1. The molecule has 0 aliphatic carbocycles. The Kier molecular flexibility index (Phi) is 6.62. The predicted octanol–water partition coefficient (Wildman–Crippen LogP) is 3.39. The molecule has 0 atom stereocenters. The lowest BCUT2D eigenvalue weighted by Crippen LogP contribution is -2.41. The molecule has 0 unspecified atom stereocenters. The molecule has 2 amide bonds. The number of carbonyl (C=O) groups is 2. The van der Waals surface area contributed by atoms with Gasteiger partial charge in [-0.05, 0) is 30.0 Å². The lowest BCUT2D eigenvalue weighted by Gasteiger charge is -2.12. The van der Waals surface area contributed by atoms with Gasteiger partial charge in [0.1, 0.15) is 5.75 Å². The van der Waals surface area contributed by atoms with E-state index in [4.69, 9.17) is 4.74 Å². The summed E-state index contributed by atoms with van der Waals surface area (Å²) >= 11 is 1.31. The third-order valence-electron chi connectivity index (χ3n) is 3.17. The molecule has 0 saturated heterocycles. The molecule has 0 bridgehead atoms. The SMILES string of the molecule is CCCCCOc1ccccc1C(=O)NNC(=O)c1cccs1. The Hall–Kier alpha value is -2.34. The van der Waals surface area contributed by atoms with Crippen LogP contribution in [-0.4, -0.2) is 18.4 Å². The van der Waals surface area contributed by atoms with Gasteiger partial charge in [0.15, 0.2) is 0 Å². The predicted molar refractivity (Wildman–Crippen MR) is 90.7 cm³/mol. The molecule has 0 fully saturated rings. The molecule has 2 aromatic rings. The van der Waals surface area contributed by atoms with E-state index in [2.05, 4.69) is 17.8 Å². The summed E-state index contributed by atoms with van der Waals surface area (Å²) in [5, 5.41) is 1.80. The minimum absolute atomic E-state index is 0.338. The quantitative estimate of drug-likeness (QED) is 0.603. The van der Waals surface area contributed by atoms with E-state index >= 15 is 0 Å². The molecule has 0 aliphatic heterocycles. The third-order valence-corrected chi connectivity index (χ3v) is 4.04. The van der Waals surface area contributed by atoms with Crippen LogP contribution in [0.25, 0.3) is 0 Å². The van der Waals surface area contributed by atoms with Crippen LogP contribution >= 0.6 is 11.3 Å². The standard InChI is InChI=1S/C17H20N2O3S/c1-2-3-6-11-22-14-9-5-4-8-13(14)16(20)18-19-17(21)15-10-7-12-23-15/h4-5,7-10,12H,2-3,6,11H2,1H3,(H,18,20)(H,19,21). The number of thiophene rings is 1. The van der Waals surface area contributed by atoms with Crippen molar-refractivity contribution in [1.29, 1.82) is 0 Å². The van der Waals surface area contributed by atoms with Gasteiger partial charge in [0.2, 0.25) is 0 Å². The van der Waals surface area contributed by atoms with Gasteiger partial charge in [-0.2, -0.15) is 0 Å². The van der Waals surface area contributed by atoms with Crippen molar-refractivity contribution >= 4 is 23.2 Å². The summed E-state index contributed by atoms with van der Waals surface area (Å²) in [5.41, 5.74) is 5.22. The van der Waals surface area contributed by atoms with E-state index in [1.165, 1.54) is 11.3 Å². The first-order valence-electron chi connectivity index (χ1n) is 7.58. The van der Waals surface area contributed by atoms with Crippen molar-refractivity contribution in [3.63, 3.8) is 0 Å². The van der Waals surface area contributed by atoms with E-state index in [1.807, 2.05) is 6.07 Å². The number of rotatable bonds is 7. The molecule has 2 N–H and O–H groups in total. The van der Waals surface area contributed by atoms with Gasteiger partial charge in [0.25, 0.3) is 11.8 Å². The summed E-state index contributed by atoms with van der Waals surface area (Å²) in [6.07, 6.45) is 3.15. The second kappa shape index (κ2) is 8.95. The molecule has 2 rings (SSSR count). The number of para-hydroxylation sites is 1. The molecular formula is C17H20N2O3S. The summed E-state index contributed by atoms with van der Waals surface area (Å²) in [4.78, 5) is 24.6. The Morgan fingerprint density at radius 1 is 1.04 bits per heavy atom. The minimum atomic E-state index is -0.402. The molecule has 0 spiro atoms. The molecule has 0 radical (unpaired) electrons. The Balaban J connectivity index is 1.92. The molecular weight excluding hydrogens is 312 g/mol. The second-order valence-electron chi connectivity index (χ2n) is 4.94. The topological polar surface area (TPSA) is 67.4 Å². The number of unbranched alkanes of at least 4 members (excludes halogenated alkanes) is 2. The highest BCUT2D eigenvalue weighted by Gasteiger charge is 2.13. The van der Waals surface area contributed by atoms with Crippen molar-refractivity contribution in [3.8, 4) is 5.75 Å². The van der Waals surface area contributed by atoms with Gasteiger partial charge in [-0.15, -0.1) is 11.3 Å². The average molecular weight is 332 g/mol. The molecule has 6 heteroatoms. The van der Waals surface area contributed by atoms with Crippen LogP contribution in [0.3, 0.4) is 0 Å². The molecule has 0 saturated carbocycles. The van der Waals surface area contributed by atoms with Crippen LogP contribution in [-0.2, 0) is 0 Å². The Bertz CT molecular complexity index is 641. The van der Waals surface area contributed by atoms with Crippen molar-refractivity contribution in [2.75, 3.05) is 6.61 Å². The van der Waals surface area contributed by atoms with E-state index in [0.717, 1.165) is 19.3 Å². The van der Waals surface area contributed by atoms with Gasteiger partial charge in [-0.3, -0.25) is 20.4 Å². The van der Waals surface area contributed by atoms with Gasteiger partial charge < -0.3 is 4.74 Å². The maximum atomic E-state index is 12.2. The Morgan fingerprint density at radius 3 is 2.57 bits per heavy atom. The van der Waals surface area contributed by atoms with Crippen LogP contribution in [0.5, 0.6) is 5.75 Å². The average Bonchev–Trinajstić information content (AvgIpc) is 3.11. The van der Waals surface area contributed by atoms with Gasteiger partial charge in [0.05, 0.1) is 17.0 Å². The van der Waals surface area contributed by atoms with Gasteiger partial charge >= 0.3 is 0 Å². The zero-order valence-corrected chi connectivity index (χ0v) is 13.8.